The second kappa shape index (κ2) is 11.7. The predicted octanol–water partition coefficient (Wildman–Crippen LogP) is 2.61. The zero-order valence-corrected chi connectivity index (χ0v) is 13.0. The molecule has 3 heteroatoms. The first-order valence-electron chi connectivity index (χ1n) is 8.42. The van der Waals surface area contributed by atoms with Gasteiger partial charge in [0.05, 0.1) is 0 Å². The maximum absolute atomic E-state index is 5.52. The molecule has 1 aliphatic rings. The first-order valence-corrected chi connectivity index (χ1v) is 8.42. The number of rotatable bonds is 9. The Hall–Kier alpha value is -0.120. The smallest absolute Gasteiger partial charge is 0.000968 e. The van der Waals surface area contributed by atoms with Gasteiger partial charge in [-0.3, -0.25) is 0 Å². The van der Waals surface area contributed by atoms with Crippen LogP contribution in [-0.4, -0.2) is 44.7 Å². The van der Waals surface area contributed by atoms with Gasteiger partial charge in [0.25, 0.3) is 0 Å². The fourth-order valence-electron chi connectivity index (χ4n) is 3.00. The monoisotopic (exact) mass is 269 g/mol. The molecule has 0 aromatic carbocycles. The second-order valence-electron chi connectivity index (χ2n) is 6.21. The molecule has 19 heavy (non-hydrogen) atoms. The van der Waals surface area contributed by atoms with Gasteiger partial charge in [-0.15, -0.1) is 0 Å². The molecule has 1 rings (SSSR count). The molecule has 0 bridgehead atoms. The zero-order chi connectivity index (χ0) is 13.8. The summed E-state index contributed by atoms with van der Waals surface area (Å²) in [5.41, 5.74) is 5.52. The molecule has 0 atom stereocenters. The third kappa shape index (κ3) is 9.42. The van der Waals surface area contributed by atoms with Crippen LogP contribution in [0.15, 0.2) is 0 Å². The van der Waals surface area contributed by atoms with E-state index in [1.807, 2.05) is 0 Å². The van der Waals surface area contributed by atoms with Gasteiger partial charge in [0.2, 0.25) is 0 Å². The standard InChI is InChI=1S/C16H35N3/c1-19(13-7-11-17)14-8-12-18-15-16-9-5-3-2-4-6-10-16/h16,18H,2-15,17H2,1H3. The normalized spacial score (nSPS) is 18.5. The Morgan fingerprint density at radius 2 is 1.63 bits per heavy atom. The molecule has 0 radical (unpaired) electrons. The van der Waals surface area contributed by atoms with Crippen LogP contribution in [0.5, 0.6) is 0 Å². The number of nitrogens with zero attached hydrogens (tertiary/aromatic N) is 1. The Balaban J connectivity index is 1.94. The van der Waals surface area contributed by atoms with E-state index in [1.165, 1.54) is 71.0 Å². The van der Waals surface area contributed by atoms with E-state index >= 15 is 0 Å². The molecular formula is C16H35N3. The maximum Gasteiger partial charge on any atom is -0.000968 e. The molecule has 0 aliphatic heterocycles. The zero-order valence-electron chi connectivity index (χ0n) is 13.0. The molecule has 1 aliphatic carbocycles. The Morgan fingerprint density at radius 1 is 1.00 bits per heavy atom. The van der Waals surface area contributed by atoms with E-state index in [0.717, 1.165) is 25.4 Å². The molecule has 0 aromatic rings. The number of hydrogen-bond donors (Lipinski definition) is 2. The summed E-state index contributed by atoms with van der Waals surface area (Å²) >= 11 is 0. The van der Waals surface area contributed by atoms with Crippen LogP contribution >= 0.6 is 0 Å². The van der Waals surface area contributed by atoms with E-state index < -0.39 is 0 Å². The van der Waals surface area contributed by atoms with Crippen molar-refractivity contribution in [3.63, 3.8) is 0 Å². The van der Waals surface area contributed by atoms with Crippen LogP contribution in [0.1, 0.15) is 57.8 Å². The predicted molar refractivity (Wildman–Crippen MR) is 84.5 cm³/mol. The van der Waals surface area contributed by atoms with E-state index in [9.17, 15) is 0 Å². The molecule has 0 spiro atoms. The fourth-order valence-corrected chi connectivity index (χ4v) is 3.00. The number of nitrogens with two attached hydrogens (primary N) is 1. The van der Waals surface area contributed by atoms with Gasteiger partial charge >= 0.3 is 0 Å². The Labute approximate surface area is 120 Å². The summed E-state index contributed by atoms with van der Waals surface area (Å²) in [5, 5.41) is 3.66. The van der Waals surface area contributed by atoms with E-state index in [2.05, 4.69) is 17.3 Å². The minimum Gasteiger partial charge on any atom is -0.330 e. The van der Waals surface area contributed by atoms with Crippen molar-refractivity contribution in [2.24, 2.45) is 11.7 Å². The summed E-state index contributed by atoms with van der Waals surface area (Å²) in [6.45, 7) is 5.55. The first kappa shape index (κ1) is 16.9. The average molecular weight is 269 g/mol. The lowest BCUT2D eigenvalue weighted by molar-refractivity contribution is 0.317. The van der Waals surface area contributed by atoms with Crippen molar-refractivity contribution < 1.29 is 0 Å². The third-order valence-corrected chi connectivity index (χ3v) is 4.30. The highest BCUT2D eigenvalue weighted by molar-refractivity contribution is 4.66. The lowest BCUT2D eigenvalue weighted by Gasteiger charge is -2.20. The van der Waals surface area contributed by atoms with Gasteiger partial charge in [-0.25, -0.2) is 0 Å². The molecule has 1 saturated carbocycles. The van der Waals surface area contributed by atoms with Gasteiger partial charge < -0.3 is 16.0 Å². The van der Waals surface area contributed by atoms with Crippen LogP contribution in [0.3, 0.4) is 0 Å². The average Bonchev–Trinajstić information content (AvgIpc) is 2.38. The Morgan fingerprint density at radius 3 is 2.32 bits per heavy atom. The number of hydrogen-bond acceptors (Lipinski definition) is 3. The van der Waals surface area contributed by atoms with Gasteiger partial charge in [0, 0.05) is 0 Å². The number of nitrogens with one attached hydrogen (secondary N) is 1. The van der Waals surface area contributed by atoms with Crippen molar-refractivity contribution in [3.05, 3.63) is 0 Å². The molecule has 0 heterocycles. The van der Waals surface area contributed by atoms with Crippen LogP contribution in [0.2, 0.25) is 0 Å². The quantitative estimate of drug-likeness (QED) is 0.632. The Bertz CT molecular complexity index is 188. The van der Waals surface area contributed by atoms with E-state index in [-0.39, 0.29) is 0 Å². The van der Waals surface area contributed by atoms with Gasteiger partial charge in [0.15, 0.2) is 0 Å². The van der Waals surface area contributed by atoms with Crippen molar-refractivity contribution in [2.75, 3.05) is 39.8 Å². The second-order valence-corrected chi connectivity index (χ2v) is 6.21. The van der Waals surface area contributed by atoms with Crippen molar-refractivity contribution in [1.29, 1.82) is 0 Å². The minimum absolute atomic E-state index is 0.810. The Kier molecular flexibility index (Phi) is 10.4. The van der Waals surface area contributed by atoms with E-state index in [1.54, 1.807) is 0 Å². The van der Waals surface area contributed by atoms with Crippen molar-refractivity contribution >= 4 is 0 Å². The molecule has 114 valence electrons. The summed E-state index contributed by atoms with van der Waals surface area (Å²) in [5.74, 6) is 0.940. The largest absolute Gasteiger partial charge is 0.330 e. The lowest BCUT2D eigenvalue weighted by atomic mass is 9.91. The summed E-state index contributed by atoms with van der Waals surface area (Å²) < 4.78 is 0. The van der Waals surface area contributed by atoms with Crippen LogP contribution in [0.25, 0.3) is 0 Å². The van der Waals surface area contributed by atoms with E-state index in [4.69, 9.17) is 5.73 Å². The van der Waals surface area contributed by atoms with Crippen LogP contribution in [-0.2, 0) is 0 Å². The molecule has 0 saturated heterocycles. The maximum atomic E-state index is 5.52. The molecule has 3 nitrogen and oxygen atoms in total. The van der Waals surface area contributed by atoms with Crippen molar-refractivity contribution in [3.8, 4) is 0 Å². The molecular weight excluding hydrogens is 234 g/mol. The van der Waals surface area contributed by atoms with Crippen LogP contribution in [0.4, 0.5) is 0 Å². The summed E-state index contributed by atoms with van der Waals surface area (Å²) in [4.78, 5) is 2.39. The van der Waals surface area contributed by atoms with E-state index in [0.29, 0.717) is 0 Å². The summed E-state index contributed by atoms with van der Waals surface area (Å²) in [7, 11) is 2.20. The van der Waals surface area contributed by atoms with Crippen molar-refractivity contribution in [1.82, 2.24) is 10.2 Å². The van der Waals surface area contributed by atoms with Gasteiger partial charge in [-0.2, -0.15) is 0 Å². The van der Waals surface area contributed by atoms with Gasteiger partial charge in [-0.1, -0.05) is 32.1 Å². The van der Waals surface area contributed by atoms with Crippen LogP contribution in [0, 0.1) is 5.92 Å². The van der Waals surface area contributed by atoms with Crippen LogP contribution < -0.4 is 11.1 Å². The van der Waals surface area contributed by atoms with Crippen molar-refractivity contribution in [2.45, 2.75) is 57.8 Å². The highest BCUT2D eigenvalue weighted by atomic mass is 15.1. The van der Waals surface area contributed by atoms with Gasteiger partial charge in [-0.05, 0) is 71.4 Å². The molecule has 1 fully saturated rings. The molecule has 3 N–H and O–H groups in total. The molecule has 0 amide bonds. The topological polar surface area (TPSA) is 41.3 Å². The minimum atomic E-state index is 0.810. The first-order chi connectivity index (χ1) is 9.33. The highest BCUT2D eigenvalue weighted by Gasteiger charge is 2.10. The molecule has 0 unspecified atom stereocenters. The highest BCUT2D eigenvalue weighted by Crippen LogP contribution is 2.21. The lowest BCUT2D eigenvalue weighted by Crippen LogP contribution is -2.28. The summed E-state index contributed by atoms with van der Waals surface area (Å²) in [6, 6.07) is 0. The SMILES string of the molecule is CN(CCCN)CCCNCC1CCCCCCC1. The third-order valence-electron chi connectivity index (χ3n) is 4.30. The molecule has 0 aromatic heterocycles. The fraction of sp³-hybridized carbons (Fsp3) is 1.00. The van der Waals surface area contributed by atoms with Gasteiger partial charge in [0.1, 0.15) is 0 Å². The summed E-state index contributed by atoms with van der Waals surface area (Å²) in [6.07, 6.45) is 12.6.